The molecule has 0 spiro atoms. The average Bonchev–Trinajstić information content (AvgIpc) is 2.72. The first-order valence-corrected chi connectivity index (χ1v) is 11.2. The van der Waals surface area contributed by atoms with Crippen molar-refractivity contribution in [3.8, 4) is 11.8 Å². The predicted molar refractivity (Wildman–Crippen MR) is 109 cm³/mol. The van der Waals surface area contributed by atoms with E-state index in [9.17, 15) is 13.2 Å². The maximum Gasteiger partial charge on any atom is 0.325 e. The van der Waals surface area contributed by atoms with Crippen LogP contribution in [0.3, 0.4) is 0 Å². The number of hydrogen-bond acceptors (Lipinski definition) is 6. The van der Waals surface area contributed by atoms with E-state index in [4.69, 9.17) is 14.7 Å². The molecule has 0 unspecified atom stereocenters. The number of hydrogen-bond donors (Lipinski definition) is 0. The first-order valence-electron chi connectivity index (χ1n) is 8.93. The molecular formula is C20H19BrN2O5S. The minimum atomic E-state index is -4.10. The van der Waals surface area contributed by atoms with Gasteiger partial charge in [-0.2, -0.15) is 9.57 Å². The van der Waals surface area contributed by atoms with Crippen LogP contribution in [0.4, 0.5) is 0 Å². The van der Waals surface area contributed by atoms with Crippen LogP contribution < -0.4 is 4.74 Å². The summed E-state index contributed by atoms with van der Waals surface area (Å²) in [5, 5.41) is 8.72. The summed E-state index contributed by atoms with van der Waals surface area (Å²) >= 11 is 3.30. The van der Waals surface area contributed by atoms with Crippen molar-refractivity contribution in [2.45, 2.75) is 30.8 Å². The van der Waals surface area contributed by atoms with Gasteiger partial charge in [0.15, 0.2) is 6.61 Å². The van der Waals surface area contributed by atoms with Crippen LogP contribution in [0.1, 0.15) is 18.1 Å². The van der Waals surface area contributed by atoms with Crippen LogP contribution in [0.25, 0.3) is 0 Å². The summed E-state index contributed by atoms with van der Waals surface area (Å²) in [5.74, 6) is -0.545. The van der Waals surface area contributed by atoms with E-state index in [1.807, 2.05) is 24.3 Å². The zero-order chi connectivity index (χ0) is 21.0. The Bertz CT molecular complexity index is 1060. The molecule has 9 heteroatoms. The lowest BCUT2D eigenvalue weighted by molar-refractivity contribution is -0.147. The van der Waals surface area contributed by atoms with E-state index in [1.165, 1.54) is 6.07 Å². The van der Waals surface area contributed by atoms with Crippen LogP contribution in [0.15, 0.2) is 51.8 Å². The van der Waals surface area contributed by atoms with E-state index in [0.717, 1.165) is 15.4 Å². The van der Waals surface area contributed by atoms with Gasteiger partial charge in [0.2, 0.25) is 10.0 Å². The fraction of sp³-hybridized carbons (Fsp3) is 0.300. The Labute approximate surface area is 178 Å². The molecule has 0 saturated carbocycles. The SMILES string of the molecule is CCOc1ccc(Br)cc1S(=O)(=O)N1Cc2ccccc2C[C@H]1C(=O)OCC#N. The summed E-state index contributed by atoms with van der Waals surface area (Å²) in [6.07, 6.45) is 0.164. The van der Waals surface area contributed by atoms with Gasteiger partial charge in [0, 0.05) is 17.4 Å². The van der Waals surface area contributed by atoms with Crippen LogP contribution in [0, 0.1) is 11.3 Å². The molecule has 1 aliphatic rings. The molecule has 3 rings (SSSR count). The Kier molecular flexibility index (Phi) is 6.57. The number of sulfonamides is 1. The summed E-state index contributed by atoms with van der Waals surface area (Å²) in [4.78, 5) is 12.6. The van der Waals surface area contributed by atoms with Crippen molar-refractivity contribution in [3.05, 3.63) is 58.1 Å². The van der Waals surface area contributed by atoms with Crippen LogP contribution >= 0.6 is 15.9 Å². The Balaban J connectivity index is 2.08. The molecule has 2 aromatic rings. The Morgan fingerprint density at radius 3 is 2.69 bits per heavy atom. The van der Waals surface area contributed by atoms with Gasteiger partial charge >= 0.3 is 5.97 Å². The highest BCUT2D eigenvalue weighted by atomic mass is 79.9. The monoisotopic (exact) mass is 478 g/mol. The third kappa shape index (κ3) is 4.45. The van der Waals surface area contributed by atoms with E-state index in [0.29, 0.717) is 11.1 Å². The van der Waals surface area contributed by atoms with Crippen molar-refractivity contribution in [3.63, 3.8) is 0 Å². The number of esters is 1. The maximum atomic E-state index is 13.6. The Hall–Kier alpha value is -2.41. The lowest BCUT2D eigenvalue weighted by Gasteiger charge is -2.34. The molecule has 7 nitrogen and oxygen atoms in total. The average molecular weight is 479 g/mol. The number of halogens is 1. The number of carbonyl (C=O) groups excluding carboxylic acids is 1. The van der Waals surface area contributed by atoms with Crippen molar-refractivity contribution in [2.75, 3.05) is 13.2 Å². The van der Waals surface area contributed by atoms with Gasteiger partial charge in [-0.15, -0.1) is 0 Å². The Morgan fingerprint density at radius 1 is 1.28 bits per heavy atom. The summed E-state index contributed by atoms with van der Waals surface area (Å²) < 4.78 is 39.3. The van der Waals surface area contributed by atoms with Crippen LogP contribution in [0.2, 0.25) is 0 Å². The number of nitriles is 1. The van der Waals surface area contributed by atoms with Crippen molar-refractivity contribution < 1.29 is 22.7 Å². The fourth-order valence-corrected chi connectivity index (χ4v) is 5.46. The third-order valence-corrected chi connectivity index (χ3v) is 6.92. The normalized spacial score (nSPS) is 16.5. The van der Waals surface area contributed by atoms with Gasteiger partial charge in [-0.05, 0) is 36.2 Å². The number of fused-ring (bicyclic) bond motifs is 1. The van der Waals surface area contributed by atoms with Crippen molar-refractivity contribution in [2.24, 2.45) is 0 Å². The molecule has 1 heterocycles. The van der Waals surface area contributed by atoms with Gasteiger partial charge in [0.1, 0.15) is 22.8 Å². The van der Waals surface area contributed by atoms with Crippen LogP contribution in [-0.2, 0) is 32.5 Å². The molecule has 0 radical (unpaired) electrons. The zero-order valence-electron chi connectivity index (χ0n) is 15.7. The topological polar surface area (TPSA) is 96.7 Å². The van der Waals surface area contributed by atoms with Crippen LogP contribution in [-0.4, -0.2) is 37.9 Å². The molecule has 2 aromatic carbocycles. The maximum absolute atomic E-state index is 13.6. The Morgan fingerprint density at radius 2 is 2.00 bits per heavy atom. The van der Waals surface area contributed by atoms with Crippen LogP contribution in [0.5, 0.6) is 5.75 Å². The number of benzene rings is 2. The van der Waals surface area contributed by atoms with Gasteiger partial charge in [-0.25, -0.2) is 8.42 Å². The molecule has 29 heavy (non-hydrogen) atoms. The second kappa shape index (κ2) is 8.95. The molecule has 0 N–H and O–H groups in total. The summed E-state index contributed by atoms with van der Waals surface area (Å²) in [6, 6.07) is 12.7. The van der Waals surface area contributed by atoms with Crippen molar-refractivity contribution in [1.29, 1.82) is 5.26 Å². The highest BCUT2D eigenvalue weighted by Gasteiger charge is 2.41. The number of ether oxygens (including phenoxy) is 2. The highest BCUT2D eigenvalue weighted by Crippen LogP contribution is 2.35. The largest absolute Gasteiger partial charge is 0.492 e. The number of carbonyl (C=O) groups is 1. The molecule has 0 aromatic heterocycles. The summed E-state index contributed by atoms with van der Waals surface area (Å²) in [5.41, 5.74) is 1.69. The first kappa shape index (κ1) is 21.3. The minimum Gasteiger partial charge on any atom is -0.492 e. The van der Waals surface area contributed by atoms with Crippen molar-refractivity contribution >= 4 is 31.9 Å². The van der Waals surface area contributed by atoms with E-state index in [2.05, 4.69) is 15.9 Å². The van der Waals surface area contributed by atoms with Gasteiger partial charge in [0.05, 0.1) is 6.61 Å². The first-order chi connectivity index (χ1) is 13.9. The second-order valence-corrected chi connectivity index (χ2v) is 9.10. The minimum absolute atomic E-state index is 0.0168. The van der Waals surface area contributed by atoms with E-state index < -0.39 is 28.6 Å². The zero-order valence-corrected chi connectivity index (χ0v) is 18.1. The molecule has 1 atom stereocenters. The molecule has 1 aliphatic heterocycles. The standard InChI is InChI=1S/C20H19BrN2O5S/c1-2-27-18-8-7-16(21)12-19(18)29(25,26)23-13-15-6-4-3-5-14(15)11-17(23)20(24)28-10-9-22/h3-8,12,17H,2,10-11,13H2,1H3/t17-/m0/s1. The van der Waals surface area contributed by atoms with Gasteiger partial charge < -0.3 is 9.47 Å². The van der Waals surface area contributed by atoms with Gasteiger partial charge in [-0.3, -0.25) is 4.79 Å². The predicted octanol–water partition coefficient (Wildman–Crippen LogP) is 3.03. The summed E-state index contributed by atoms with van der Waals surface area (Å²) in [6.45, 7) is 1.63. The third-order valence-electron chi connectivity index (χ3n) is 4.55. The molecule has 0 saturated heterocycles. The van der Waals surface area contributed by atoms with E-state index >= 15 is 0 Å². The van der Waals surface area contributed by atoms with Crippen molar-refractivity contribution in [1.82, 2.24) is 4.31 Å². The smallest absolute Gasteiger partial charge is 0.325 e. The fourth-order valence-electron chi connectivity index (χ4n) is 3.24. The summed E-state index contributed by atoms with van der Waals surface area (Å²) in [7, 11) is -4.10. The molecule has 152 valence electrons. The van der Waals surface area contributed by atoms with E-state index in [1.54, 1.807) is 25.1 Å². The molecule has 0 fully saturated rings. The molecule has 0 bridgehead atoms. The van der Waals surface area contributed by atoms with Gasteiger partial charge in [0.25, 0.3) is 0 Å². The molecule has 0 aliphatic carbocycles. The number of rotatable bonds is 6. The van der Waals surface area contributed by atoms with Gasteiger partial charge in [-0.1, -0.05) is 40.2 Å². The lowest BCUT2D eigenvalue weighted by Crippen LogP contribution is -2.49. The van der Waals surface area contributed by atoms with E-state index in [-0.39, 0.29) is 23.6 Å². The molecule has 0 amide bonds. The molecular weight excluding hydrogens is 460 g/mol. The highest BCUT2D eigenvalue weighted by molar-refractivity contribution is 9.10. The lowest BCUT2D eigenvalue weighted by atomic mass is 9.96. The quantitative estimate of drug-likeness (QED) is 0.591. The number of nitrogens with zero attached hydrogens (tertiary/aromatic N) is 2. The second-order valence-electron chi connectivity index (χ2n) is 6.33.